The normalized spacial score (nSPS) is 41.6. The maximum absolute atomic E-state index is 11.8. The first-order valence-corrected chi connectivity index (χ1v) is 6.67. The highest BCUT2D eigenvalue weighted by molar-refractivity contribution is 5.78. The zero-order valence-electron chi connectivity index (χ0n) is 11.3. The molecule has 0 aromatic carbocycles. The molecule has 2 N–H and O–H groups in total. The fraction of sp³-hybridized carbons (Fsp3) is 0.857. The SMILES string of the molecule is C[C@H]1CCC2[C@H](CC(=O)O)[C@@]1(C(=O)O)CC2(C)C. The molecule has 0 heterocycles. The first-order valence-electron chi connectivity index (χ1n) is 6.67. The Kier molecular flexibility index (Phi) is 2.95. The molecule has 2 bridgehead atoms. The van der Waals surface area contributed by atoms with Crippen molar-refractivity contribution in [3.63, 3.8) is 0 Å². The van der Waals surface area contributed by atoms with E-state index < -0.39 is 17.4 Å². The minimum absolute atomic E-state index is 0.00919. The summed E-state index contributed by atoms with van der Waals surface area (Å²) in [4.78, 5) is 22.9. The van der Waals surface area contributed by atoms with Crippen LogP contribution in [0.4, 0.5) is 0 Å². The molecule has 0 radical (unpaired) electrons. The van der Waals surface area contributed by atoms with Crippen LogP contribution in [0, 0.1) is 28.6 Å². The van der Waals surface area contributed by atoms with Gasteiger partial charge in [-0.2, -0.15) is 0 Å². The Labute approximate surface area is 107 Å². The van der Waals surface area contributed by atoms with E-state index in [-0.39, 0.29) is 29.6 Å². The topological polar surface area (TPSA) is 74.6 Å². The van der Waals surface area contributed by atoms with Gasteiger partial charge in [0.1, 0.15) is 0 Å². The predicted molar refractivity (Wildman–Crippen MR) is 66.1 cm³/mol. The monoisotopic (exact) mass is 254 g/mol. The van der Waals surface area contributed by atoms with Crippen molar-refractivity contribution in [3.05, 3.63) is 0 Å². The summed E-state index contributed by atoms with van der Waals surface area (Å²) in [7, 11) is 0. The summed E-state index contributed by atoms with van der Waals surface area (Å²) >= 11 is 0. The molecule has 0 aromatic heterocycles. The van der Waals surface area contributed by atoms with Gasteiger partial charge in [-0.1, -0.05) is 20.8 Å². The zero-order valence-corrected chi connectivity index (χ0v) is 11.3. The third-order valence-corrected chi connectivity index (χ3v) is 5.48. The van der Waals surface area contributed by atoms with E-state index in [1.54, 1.807) is 0 Å². The Bertz CT molecular complexity index is 387. The van der Waals surface area contributed by atoms with Crippen molar-refractivity contribution in [3.8, 4) is 0 Å². The van der Waals surface area contributed by atoms with Crippen LogP contribution in [-0.4, -0.2) is 22.2 Å². The van der Waals surface area contributed by atoms with Crippen molar-refractivity contribution in [2.45, 2.75) is 46.5 Å². The zero-order chi connectivity index (χ0) is 13.7. The quantitative estimate of drug-likeness (QED) is 0.811. The van der Waals surface area contributed by atoms with Gasteiger partial charge in [0.05, 0.1) is 5.41 Å². The smallest absolute Gasteiger partial charge is 0.310 e. The van der Waals surface area contributed by atoms with E-state index in [1.807, 2.05) is 6.92 Å². The van der Waals surface area contributed by atoms with Gasteiger partial charge in [0.2, 0.25) is 0 Å². The van der Waals surface area contributed by atoms with Gasteiger partial charge in [0, 0.05) is 6.42 Å². The van der Waals surface area contributed by atoms with Crippen molar-refractivity contribution >= 4 is 11.9 Å². The number of hydrogen-bond donors (Lipinski definition) is 2. The van der Waals surface area contributed by atoms with Crippen molar-refractivity contribution < 1.29 is 19.8 Å². The van der Waals surface area contributed by atoms with Crippen molar-refractivity contribution in [1.29, 1.82) is 0 Å². The molecular formula is C14H22O4. The van der Waals surface area contributed by atoms with E-state index in [0.29, 0.717) is 6.42 Å². The standard InChI is InChI=1S/C14H22O4/c1-8-4-5-9-10(6-11(15)16)14(8,12(17)18)7-13(9,2)3/h8-10H,4-7H2,1-3H3,(H,15,16)(H,17,18)/t8-,9?,10-,14+/m0/s1. The molecule has 4 nitrogen and oxygen atoms in total. The summed E-state index contributed by atoms with van der Waals surface area (Å²) in [6.45, 7) is 6.16. The minimum atomic E-state index is -0.873. The van der Waals surface area contributed by atoms with Gasteiger partial charge < -0.3 is 10.2 Å². The fourth-order valence-electron chi connectivity index (χ4n) is 4.70. The first-order chi connectivity index (χ1) is 8.21. The maximum atomic E-state index is 11.8. The average molecular weight is 254 g/mol. The lowest BCUT2D eigenvalue weighted by atomic mass is 9.60. The van der Waals surface area contributed by atoms with Crippen LogP contribution < -0.4 is 0 Å². The average Bonchev–Trinajstić information content (AvgIpc) is 2.36. The highest BCUT2D eigenvalue weighted by atomic mass is 16.4. The summed E-state index contributed by atoms with van der Waals surface area (Å²) in [6, 6.07) is 0. The molecule has 1 unspecified atom stereocenters. The van der Waals surface area contributed by atoms with Crippen LogP contribution in [0.5, 0.6) is 0 Å². The molecule has 0 amide bonds. The van der Waals surface area contributed by atoms with Gasteiger partial charge in [-0.3, -0.25) is 9.59 Å². The molecule has 2 rings (SSSR count). The lowest BCUT2D eigenvalue weighted by Gasteiger charge is -2.42. The molecule has 0 aromatic rings. The van der Waals surface area contributed by atoms with E-state index >= 15 is 0 Å². The number of aliphatic carboxylic acids is 2. The molecular weight excluding hydrogens is 232 g/mol. The van der Waals surface area contributed by atoms with E-state index in [1.165, 1.54) is 0 Å². The third-order valence-electron chi connectivity index (χ3n) is 5.48. The Morgan fingerprint density at radius 3 is 2.33 bits per heavy atom. The second-order valence-corrected chi connectivity index (χ2v) is 6.80. The van der Waals surface area contributed by atoms with Crippen molar-refractivity contribution in [2.24, 2.45) is 28.6 Å². The molecule has 0 aliphatic heterocycles. The Morgan fingerprint density at radius 1 is 1.22 bits per heavy atom. The summed E-state index contributed by atoms with van der Waals surface area (Å²) in [5.41, 5.74) is -0.895. The second kappa shape index (κ2) is 3.97. The van der Waals surface area contributed by atoms with E-state index in [2.05, 4.69) is 13.8 Å². The van der Waals surface area contributed by atoms with E-state index in [0.717, 1.165) is 12.8 Å². The molecule has 2 aliphatic rings. The lowest BCUT2D eigenvalue weighted by Crippen LogP contribution is -2.45. The fourth-order valence-corrected chi connectivity index (χ4v) is 4.70. The number of carbonyl (C=O) groups is 2. The highest BCUT2D eigenvalue weighted by Crippen LogP contribution is 2.66. The van der Waals surface area contributed by atoms with Gasteiger partial charge in [-0.25, -0.2) is 0 Å². The summed E-state index contributed by atoms with van der Waals surface area (Å²) in [5, 5.41) is 18.8. The molecule has 18 heavy (non-hydrogen) atoms. The van der Waals surface area contributed by atoms with Crippen LogP contribution in [0.2, 0.25) is 0 Å². The van der Waals surface area contributed by atoms with E-state index in [4.69, 9.17) is 5.11 Å². The van der Waals surface area contributed by atoms with Crippen LogP contribution in [0.1, 0.15) is 46.5 Å². The molecule has 2 saturated carbocycles. The van der Waals surface area contributed by atoms with Gasteiger partial charge in [0.15, 0.2) is 0 Å². The Balaban J connectivity index is 2.47. The van der Waals surface area contributed by atoms with E-state index in [9.17, 15) is 14.7 Å². The number of hydrogen-bond acceptors (Lipinski definition) is 2. The van der Waals surface area contributed by atoms with Crippen molar-refractivity contribution in [1.82, 2.24) is 0 Å². The number of carboxylic acids is 2. The van der Waals surface area contributed by atoms with Crippen LogP contribution in [0.3, 0.4) is 0 Å². The number of carboxylic acid groups (broad SMARTS) is 2. The second-order valence-electron chi connectivity index (χ2n) is 6.80. The predicted octanol–water partition coefficient (Wildman–Crippen LogP) is 2.62. The lowest BCUT2D eigenvalue weighted by molar-refractivity contribution is -0.160. The molecule has 2 fully saturated rings. The van der Waals surface area contributed by atoms with Crippen molar-refractivity contribution in [2.75, 3.05) is 0 Å². The van der Waals surface area contributed by atoms with Crippen LogP contribution in [0.15, 0.2) is 0 Å². The first kappa shape index (κ1) is 13.4. The highest BCUT2D eigenvalue weighted by Gasteiger charge is 2.65. The Hall–Kier alpha value is -1.06. The largest absolute Gasteiger partial charge is 0.481 e. The summed E-state index contributed by atoms with van der Waals surface area (Å²) in [6.07, 6.45) is 2.46. The third kappa shape index (κ3) is 1.65. The molecule has 4 heteroatoms. The van der Waals surface area contributed by atoms with Crippen LogP contribution in [-0.2, 0) is 9.59 Å². The maximum Gasteiger partial charge on any atom is 0.310 e. The molecule has 2 aliphatic carbocycles. The minimum Gasteiger partial charge on any atom is -0.481 e. The molecule has 0 saturated heterocycles. The number of rotatable bonds is 3. The number of fused-ring (bicyclic) bond motifs is 2. The Morgan fingerprint density at radius 2 is 1.83 bits per heavy atom. The molecule has 4 atom stereocenters. The van der Waals surface area contributed by atoms with Gasteiger partial charge in [-0.05, 0) is 42.4 Å². The molecule has 0 spiro atoms. The van der Waals surface area contributed by atoms with Gasteiger partial charge in [-0.15, -0.1) is 0 Å². The summed E-state index contributed by atoms with van der Waals surface area (Å²) < 4.78 is 0. The van der Waals surface area contributed by atoms with Crippen LogP contribution >= 0.6 is 0 Å². The van der Waals surface area contributed by atoms with Gasteiger partial charge in [0.25, 0.3) is 0 Å². The van der Waals surface area contributed by atoms with Gasteiger partial charge >= 0.3 is 11.9 Å². The molecule has 102 valence electrons. The van der Waals surface area contributed by atoms with Crippen LogP contribution in [0.25, 0.3) is 0 Å². The summed E-state index contributed by atoms with van der Waals surface area (Å²) in [5.74, 6) is -1.59.